The highest BCUT2D eigenvalue weighted by Gasteiger charge is 2.33. The number of hydrogen-bond acceptors (Lipinski definition) is 5. The minimum absolute atomic E-state index is 0.0570. The monoisotopic (exact) mass is 367 g/mol. The number of hydrogen-bond donors (Lipinski definition) is 3. The lowest BCUT2D eigenvalue weighted by Crippen LogP contribution is -2.39. The van der Waals surface area contributed by atoms with Crippen molar-refractivity contribution in [3.8, 4) is 0 Å². The summed E-state index contributed by atoms with van der Waals surface area (Å²) < 4.78 is 3.96. The van der Waals surface area contributed by atoms with Crippen molar-refractivity contribution in [1.82, 2.24) is 30.2 Å². The maximum Gasteiger partial charge on any atom is 0.242 e. The van der Waals surface area contributed by atoms with E-state index in [1.807, 2.05) is 41.4 Å². The largest absolute Gasteiger partial charge is 0.334 e. The molecule has 0 bridgehead atoms. The topological polar surface area (TPSA) is 88.8 Å². The summed E-state index contributed by atoms with van der Waals surface area (Å²) in [6, 6.07) is 5.53. The van der Waals surface area contributed by atoms with E-state index in [1.54, 1.807) is 6.33 Å². The first kappa shape index (κ1) is 17.7. The van der Waals surface area contributed by atoms with Crippen LogP contribution in [0.5, 0.6) is 0 Å². The van der Waals surface area contributed by atoms with Crippen molar-refractivity contribution in [3.63, 3.8) is 0 Å². The normalized spacial score (nSPS) is 19.7. The van der Waals surface area contributed by atoms with Gasteiger partial charge in [-0.3, -0.25) is 9.48 Å². The fourth-order valence-corrected chi connectivity index (χ4v) is 3.88. The average molecular weight is 367 g/mol. The highest BCUT2D eigenvalue weighted by Crippen LogP contribution is 2.28. The Labute approximate surface area is 157 Å². The Kier molecular flexibility index (Phi) is 4.45. The zero-order valence-corrected chi connectivity index (χ0v) is 16.1. The average Bonchev–Trinajstić information content (AvgIpc) is 3.33. The van der Waals surface area contributed by atoms with Gasteiger partial charge in [0.2, 0.25) is 5.91 Å². The van der Waals surface area contributed by atoms with E-state index in [1.165, 1.54) is 5.56 Å². The highest BCUT2D eigenvalue weighted by molar-refractivity contribution is 5.96. The van der Waals surface area contributed by atoms with Gasteiger partial charge in [0.25, 0.3) is 0 Å². The summed E-state index contributed by atoms with van der Waals surface area (Å²) >= 11 is 0. The van der Waals surface area contributed by atoms with Gasteiger partial charge < -0.3 is 9.88 Å². The molecule has 0 aliphatic carbocycles. The Hall–Kier alpha value is -2.71. The molecule has 3 heterocycles. The third-order valence-electron chi connectivity index (χ3n) is 5.30. The van der Waals surface area contributed by atoms with Crippen molar-refractivity contribution in [2.24, 2.45) is 7.05 Å². The molecule has 1 aliphatic heterocycles. The Morgan fingerprint density at radius 3 is 2.89 bits per heavy atom. The van der Waals surface area contributed by atoms with E-state index in [0.717, 1.165) is 34.7 Å². The van der Waals surface area contributed by atoms with Gasteiger partial charge in [-0.2, -0.15) is 5.10 Å². The molecule has 3 aromatic rings. The second-order valence-corrected chi connectivity index (χ2v) is 7.08. The van der Waals surface area contributed by atoms with Gasteiger partial charge >= 0.3 is 0 Å². The third kappa shape index (κ3) is 3.11. The molecule has 27 heavy (non-hydrogen) atoms. The van der Waals surface area contributed by atoms with Crippen molar-refractivity contribution >= 4 is 22.6 Å². The predicted octanol–water partition coefficient (Wildman–Crippen LogP) is 1.95. The summed E-state index contributed by atoms with van der Waals surface area (Å²) in [4.78, 5) is 17.0. The van der Waals surface area contributed by atoms with Gasteiger partial charge in [-0.25, -0.2) is 15.8 Å². The molecule has 2 atom stereocenters. The molecule has 1 aromatic carbocycles. The van der Waals surface area contributed by atoms with Gasteiger partial charge in [0.1, 0.15) is 6.04 Å². The molecule has 3 N–H and O–H groups in total. The molecule has 1 fully saturated rings. The number of amides is 1. The molecular formula is C19H25N7O. The van der Waals surface area contributed by atoms with Crippen LogP contribution in [-0.4, -0.2) is 31.3 Å². The van der Waals surface area contributed by atoms with E-state index in [0.29, 0.717) is 6.42 Å². The van der Waals surface area contributed by atoms with Crippen LogP contribution in [0.1, 0.15) is 36.3 Å². The first-order valence-corrected chi connectivity index (χ1v) is 9.24. The van der Waals surface area contributed by atoms with E-state index in [2.05, 4.69) is 40.1 Å². The first-order valence-electron chi connectivity index (χ1n) is 9.24. The van der Waals surface area contributed by atoms with E-state index < -0.39 is 0 Å². The Morgan fingerprint density at radius 2 is 2.15 bits per heavy atom. The second kappa shape index (κ2) is 6.79. The van der Waals surface area contributed by atoms with Gasteiger partial charge in [-0.05, 0) is 45.4 Å². The van der Waals surface area contributed by atoms with Crippen LogP contribution in [0, 0.1) is 13.8 Å². The molecule has 4 rings (SSSR count). The number of aryl methyl sites for hydroxylation is 3. The minimum atomic E-state index is -0.307. The van der Waals surface area contributed by atoms with Crippen molar-refractivity contribution in [2.45, 2.75) is 45.8 Å². The molecule has 1 aliphatic rings. The summed E-state index contributed by atoms with van der Waals surface area (Å²) in [6.07, 6.45) is 2.44. The molecule has 8 nitrogen and oxygen atoms in total. The number of benzene rings is 1. The van der Waals surface area contributed by atoms with Crippen LogP contribution in [0.4, 0.5) is 5.69 Å². The lowest BCUT2D eigenvalue weighted by atomic mass is 10.00. The number of carbonyl (C=O) groups is 1. The standard InChI is InChI=1S/C19H25N7O/c1-5-26-12(3)18(11(2)24-26)15-9-16(23-22-15)19(27)21-13-6-7-17-14(8-13)20-10-25(17)4/h6-8,10,15-16,22-23H,5,9H2,1-4H3,(H,21,27). The van der Waals surface area contributed by atoms with E-state index >= 15 is 0 Å². The van der Waals surface area contributed by atoms with Crippen molar-refractivity contribution in [2.75, 3.05) is 5.32 Å². The van der Waals surface area contributed by atoms with Crippen LogP contribution < -0.4 is 16.2 Å². The number of anilines is 1. The molecule has 2 unspecified atom stereocenters. The molecule has 1 saturated heterocycles. The maximum atomic E-state index is 12.7. The van der Waals surface area contributed by atoms with Crippen molar-refractivity contribution in [3.05, 3.63) is 41.5 Å². The zero-order chi connectivity index (χ0) is 19.1. The van der Waals surface area contributed by atoms with E-state index in [4.69, 9.17) is 0 Å². The quantitative estimate of drug-likeness (QED) is 0.656. The van der Waals surface area contributed by atoms with Crippen molar-refractivity contribution < 1.29 is 4.79 Å². The molecule has 142 valence electrons. The molecule has 0 spiro atoms. The fourth-order valence-electron chi connectivity index (χ4n) is 3.88. The lowest BCUT2D eigenvalue weighted by Gasteiger charge is -2.11. The predicted molar refractivity (Wildman–Crippen MR) is 104 cm³/mol. The van der Waals surface area contributed by atoms with Crippen LogP contribution in [0.25, 0.3) is 11.0 Å². The number of carbonyl (C=O) groups excluding carboxylic acids is 1. The van der Waals surface area contributed by atoms with E-state index in [9.17, 15) is 4.79 Å². The summed E-state index contributed by atoms with van der Waals surface area (Å²) in [5.74, 6) is -0.0570. The smallest absolute Gasteiger partial charge is 0.242 e. The number of nitrogens with zero attached hydrogens (tertiary/aromatic N) is 4. The Morgan fingerprint density at radius 1 is 1.33 bits per heavy atom. The van der Waals surface area contributed by atoms with Gasteiger partial charge in [0.15, 0.2) is 0 Å². The number of nitrogens with one attached hydrogen (secondary N) is 3. The number of hydrazine groups is 1. The molecular weight excluding hydrogens is 342 g/mol. The molecule has 0 saturated carbocycles. The van der Waals surface area contributed by atoms with Gasteiger partial charge in [0.05, 0.1) is 29.1 Å². The maximum absolute atomic E-state index is 12.7. The zero-order valence-electron chi connectivity index (χ0n) is 16.1. The second-order valence-electron chi connectivity index (χ2n) is 7.08. The Bertz CT molecular complexity index is 1000. The van der Waals surface area contributed by atoms with Gasteiger partial charge in [0, 0.05) is 30.5 Å². The van der Waals surface area contributed by atoms with Crippen LogP contribution in [-0.2, 0) is 18.4 Å². The molecule has 2 aromatic heterocycles. The number of rotatable bonds is 4. The van der Waals surface area contributed by atoms with E-state index in [-0.39, 0.29) is 18.0 Å². The minimum Gasteiger partial charge on any atom is -0.334 e. The lowest BCUT2D eigenvalue weighted by molar-refractivity contribution is -0.117. The van der Waals surface area contributed by atoms with Gasteiger partial charge in [-0.1, -0.05) is 0 Å². The number of imidazole rings is 1. The summed E-state index contributed by atoms with van der Waals surface area (Å²) in [5.41, 5.74) is 12.4. The summed E-state index contributed by atoms with van der Waals surface area (Å²) in [7, 11) is 1.95. The highest BCUT2D eigenvalue weighted by atomic mass is 16.2. The summed E-state index contributed by atoms with van der Waals surface area (Å²) in [5, 5.41) is 7.57. The van der Waals surface area contributed by atoms with Crippen molar-refractivity contribution in [1.29, 1.82) is 0 Å². The van der Waals surface area contributed by atoms with Gasteiger partial charge in [-0.15, -0.1) is 0 Å². The third-order valence-corrected chi connectivity index (χ3v) is 5.30. The number of aromatic nitrogens is 4. The Balaban J connectivity index is 1.46. The van der Waals surface area contributed by atoms with Crippen LogP contribution >= 0.6 is 0 Å². The number of fused-ring (bicyclic) bond motifs is 1. The fraction of sp³-hybridized carbons (Fsp3) is 0.421. The summed E-state index contributed by atoms with van der Waals surface area (Å²) in [6.45, 7) is 7.02. The molecule has 8 heteroatoms. The van der Waals surface area contributed by atoms with Crippen LogP contribution in [0.15, 0.2) is 24.5 Å². The SMILES string of the molecule is CCn1nc(C)c(C2CC(C(=O)Nc3ccc4c(c3)ncn4C)NN2)c1C. The first-order chi connectivity index (χ1) is 13.0. The van der Waals surface area contributed by atoms with Crippen LogP contribution in [0.3, 0.4) is 0 Å². The van der Waals surface area contributed by atoms with Crippen LogP contribution in [0.2, 0.25) is 0 Å². The molecule has 1 amide bonds. The molecule has 0 radical (unpaired) electrons.